The lowest BCUT2D eigenvalue weighted by molar-refractivity contribution is 0.0942. The average molecular weight is 266 g/mol. The number of carbonyl (C=O) groups excluding carboxylic acids is 1. The SMILES string of the molecule is CC(C)Cc1cc(C(=O)NCC(C)CO)cc(=O)[nH]1. The van der Waals surface area contributed by atoms with Crippen LogP contribution >= 0.6 is 0 Å². The summed E-state index contributed by atoms with van der Waals surface area (Å²) >= 11 is 0. The second-order valence-corrected chi connectivity index (χ2v) is 5.35. The van der Waals surface area contributed by atoms with E-state index in [1.54, 1.807) is 6.07 Å². The number of hydrogen-bond acceptors (Lipinski definition) is 3. The standard InChI is InChI=1S/C14H22N2O3/c1-9(2)4-12-5-11(6-13(18)16-12)14(19)15-7-10(3)8-17/h5-6,9-10,17H,4,7-8H2,1-3H3,(H,15,19)(H,16,18). The van der Waals surface area contributed by atoms with Crippen molar-refractivity contribution in [3.05, 3.63) is 33.7 Å². The molecule has 0 aliphatic rings. The van der Waals surface area contributed by atoms with Gasteiger partial charge in [0, 0.05) is 30.5 Å². The van der Waals surface area contributed by atoms with Gasteiger partial charge in [0.15, 0.2) is 0 Å². The zero-order chi connectivity index (χ0) is 14.4. The highest BCUT2D eigenvalue weighted by Gasteiger charge is 2.10. The van der Waals surface area contributed by atoms with Crippen molar-refractivity contribution in [3.8, 4) is 0 Å². The summed E-state index contributed by atoms with van der Waals surface area (Å²) in [7, 11) is 0. The molecular formula is C14H22N2O3. The van der Waals surface area contributed by atoms with E-state index in [0.717, 1.165) is 12.1 Å². The molecule has 106 valence electrons. The molecule has 0 aliphatic carbocycles. The number of rotatable bonds is 6. The number of pyridine rings is 1. The van der Waals surface area contributed by atoms with E-state index in [1.165, 1.54) is 6.07 Å². The van der Waals surface area contributed by atoms with Crippen molar-refractivity contribution < 1.29 is 9.90 Å². The van der Waals surface area contributed by atoms with E-state index in [9.17, 15) is 9.59 Å². The van der Waals surface area contributed by atoms with Gasteiger partial charge in [-0.2, -0.15) is 0 Å². The van der Waals surface area contributed by atoms with Crippen LogP contribution in [0, 0.1) is 11.8 Å². The first kappa shape index (κ1) is 15.4. The summed E-state index contributed by atoms with van der Waals surface area (Å²) in [4.78, 5) is 26.2. The van der Waals surface area contributed by atoms with Crippen LogP contribution in [0.15, 0.2) is 16.9 Å². The molecule has 3 N–H and O–H groups in total. The maximum atomic E-state index is 11.9. The Bertz CT molecular complexity index is 480. The number of aliphatic hydroxyl groups is 1. The number of amides is 1. The van der Waals surface area contributed by atoms with Gasteiger partial charge in [0.05, 0.1) is 0 Å². The highest BCUT2D eigenvalue weighted by Crippen LogP contribution is 2.06. The van der Waals surface area contributed by atoms with Gasteiger partial charge in [0.2, 0.25) is 5.56 Å². The topological polar surface area (TPSA) is 82.2 Å². The second-order valence-electron chi connectivity index (χ2n) is 5.35. The van der Waals surface area contributed by atoms with Crippen LogP contribution in [0.2, 0.25) is 0 Å². The van der Waals surface area contributed by atoms with E-state index in [1.807, 2.05) is 20.8 Å². The Morgan fingerprint density at radius 1 is 1.37 bits per heavy atom. The number of nitrogens with one attached hydrogen (secondary N) is 2. The lowest BCUT2D eigenvalue weighted by Crippen LogP contribution is -2.30. The summed E-state index contributed by atoms with van der Waals surface area (Å²) in [5.74, 6) is 0.126. The maximum absolute atomic E-state index is 11.9. The first-order valence-electron chi connectivity index (χ1n) is 6.54. The van der Waals surface area contributed by atoms with Gasteiger partial charge in [-0.1, -0.05) is 20.8 Å². The van der Waals surface area contributed by atoms with Crippen molar-refractivity contribution in [2.24, 2.45) is 11.8 Å². The summed E-state index contributed by atoms with van der Waals surface area (Å²) in [6.45, 7) is 6.35. The smallest absolute Gasteiger partial charge is 0.251 e. The summed E-state index contributed by atoms with van der Waals surface area (Å²) in [6, 6.07) is 3.00. The highest BCUT2D eigenvalue weighted by molar-refractivity contribution is 5.94. The molecule has 1 aromatic heterocycles. The van der Waals surface area contributed by atoms with Gasteiger partial charge in [-0.05, 0) is 24.3 Å². The molecule has 0 spiro atoms. The Morgan fingerprint density at radius 2 is 2.05 bits per heavy atom. The molecule has 0 saturated heterocycles. The average Bonchev–Trinajstić information content (AvgIpc) is 2.33. The second kappa shape index (κ2) is 7.09. The fraction of sp³-hybridized carbons (Fsp3) is 0.571. The van der Waals surface area contributed by atoms with Gasteiger partial charge in [-0.3, -0.25) is 9.59 Å². The van der Waals surface area contributed by atoms with E-state index in [0.29, 0.717) is 18.0 Å². The molecule has 1 rings (SSSR count). The monoisotopic (exact) mass is 266 g/mol. The van der Waals surface area contributed by atoms with Crippen molar-refractivity contribution in [1.82, 2.24) is 10.3 Å². The lowest BCUT2D eigenvalue weighted by atomic mass is 10.1. The van der Waals surface area contributed by atoms with Gasteiger partial charge in [-0.25, -0.2) is 0 Å². The molecule has 0 fully saturated rings. The molecule has 0 bridgehead atoms. The Kier molecular flexibility index (Phi) is 5.76. The molecule has 0 radical (unpaired) electrons. The number of H-pyrrole nitrogens is 1. The third-order valence-electron chi connectivity index (χ3n) is 2.71. The van der Waals surface area contributed by atoms with E-state index in [-0.39, 0.29) is 24.0 Å². The van der Waals surface area contributed by atoms with Crippen molar-refractivity contribution in [1.29, 1.82) is 0 Å². The molecule has 5 heteroatoms. The highest BCUT2D eigenvalue weighted by atomic mass is 16.3. The number of carbonyl (C=O) groups is 1. The van der Waals surface area contributed by atoms with E-state index in [2.05, 4.69) is 10.3 Å². The summed E-state index contributed by atoms with van der Waals surface area (Å²) in [6.07, 6.45) is 0.726. The minimum absolute atomic E-state index is 0.00100. The van der Waals surface area contributed by atoms with Crippen LogP contribution in [-0.2, 0) is 6.42 Å². The van der Waals surface area contributed by atoms with Crippen LogP contribution in [0.1, 0.15) is 36.8 Å². The lowest BCUT2D eigenvalue weighted by Gasteiger charge is -2.10. The van der Waals surface area contributed by atoms with E-state index < -0.39 is 0 Å². The van der Waals surface area contributed by atoms with Crippen LogP contribution in [0.3, 0.4) is 0 Å². The van der Waals surface area contributed by atoms with Crippen LogP contribution in [0.4, 0.5) is 0 Å². The third kappa shape index (κ3) is 5.26. The number of aliphatic hydroxyl groups excluding tert-OH is 1. The van der Waals surface area contributed by atoms with Crippen molar-refractivity contribution in [2.45, 2.75) is 27.2 Å². The van der Waals surface area contributed by atoms with Crippen LogP contribution in [-0.4, -0.2) is 29.1 Å². The first-order valence-corrected chi connectivity index (χ1v) is 6.54. The Hall–Kier alpha value is -1.62. The number of aromatic amines is 1. The molecule has 1 heterocycles. The number of hydrogen-bond donors (Lipinski definition) is 3. The Balaban J connectivity index is 2.79. The van der Waals surface area contributed by atoms with Crippen molar-refractivity contribution >= 4 is 5.91 Å². The molecule has 1 atom stereocenters. The maximum Gasteiger partial charge on any atom is 0.251 e. The first-order chi connectivity index (χ1) is 8.92. The molecule has 0 saturated carbocycles. The van der Waals surface area contributed by atoms with Crippen LogP contribution in [0.25, 0.3) is 0 Å². The normalized spacial score (nSPS) is 12.5. The van der Waals surface area contributed by atoms with Gasteiger partial charge < -0.3 is 15.4 Å². The fourth-order valence-corrected chi connectivity index (χ4v) is 1.72. The summed E-state index contributed by atoms with van der Waals surface area (Å²) in [5, 5.41) is 11.6. The molecule has 1 aromatic rings. The zero-order valence-electron chi connectivity index (χ0n) is 11.7. The van der Waals surface area contributed by atoms with Crippen molar-refractivity contribution in [3.63, 3.8) is 0 Å². The Morgan fingerprint density at radius 3 is 2.63 bits per heavy atom. The molecule has 1 unspecified atom stereocenters. The van der Waals surface area contributed by atoms with Crippen LogP contribution in [0.5, 0.6) is 0 Å². The third-order valence-corrected chi connectivity index (χ3v) is 2.71. The Labute approximate surface area is 113 Å². The fourth-order valence-electron chi connectivity index (χ4n) is 1.72. The van der Waals surface area contributed by atoms with Gasteiger partial charge >= 0.3 is 0 Å². The minimum atomic E-state index is -0.281. The zero-order valence-corrected chi connectivity index (χ0v) is 11.7. The van der Waals surface area contributed by atoms with Crippen molar-refractivity contribution in [2.75, 3.05) is 13.2 Å². The predicted molar refractivity (Wildman–Crippen MR) is 74.2 cm³/mol. The largest absolute Gasteiger partial charge is 0.396 e. The van der Waals surface area contributed by atoms with Gasteiger partial charge in [0.25, 0.3) is 5.91 Å². The van der Waals surface area contributed by atoms with Crippen LogP contribution < -0.4 is 10.9 Å². The number of aromatic nitrogens is 1. The molecule has 0 aromatic carbocycles. The molecule has 1 amide bonds. The summed E-state index contributed by atoms with van der Waals surface area (Å²) in [5.41, 5.74) is 0.867. The van der Waals surface area contributed by atoms with Gasteiger partial charge in [-0.15, -0.1) is 0 Å². The predicted octanol–water partition coefficient (Wildman–Crippen LogP) is 0.932. The minimum Gasteiger partial charge on any atom is -0.396 e. The summed E-state index contributed by atoms with van der Waals surface area (Å²) < 4.78 is 0. The molecule has 0 aliphatic heterocycles. The van der Waals surface area contributed by atoms with E-state index >= 15 is 0 Å². The van der Waals surface area contributed by atoms with Gasteiger partial charge in [0.1, 0.15) is 0 Å². The molecule has 5 nitrogen and oxygen atoms in total. The van der Waals surface area contributed by atoms with E-state index in [4.69, 9.17) is 5.11 Å². The molecule has 19 heavy (non-hydrogen) atoms. The molecular weight excluding hydrogens is 244 g/mol. The quantitative estimate of drug-likeness (QED) is 0.716.